The lowest BCUT2D eigenvalue weighted by molar-refractivity contribution is 0.576. The van der Waals surface area contributed by atoms with Crippen molar-refractivity contribution in [1.29, 1.82) is 0 Å². The molecule has 10 heteroatoms. The number of imidazole rings is 1. The molecule has 8 nitrogen and oxygen atoms in total. The normalized spacial score (nSPS) is 11.9. The molecule has 19 heavy (non-hydrogen) atoms. The van der Waals surface area contributed by atoms with Gasteiger partial charge in [0.2, 0.25) is 5.03 Å². The third kappa shape index (κ3) is 2.94. The minimum Gasteiger partial charge on any atom is -0.324 e. The first kappa shape index (κ1) is 14.0. The average molecular weight is 305 g/mol. The molecule has 2 aromatic heterocycles. The molecule has 0 aliphatic heterocycles. The number of aromatic nitrogens is 5. The van der Waals surface area contributed by atoms with E-state index in [9.17, 15) is 8.42 Å². The Morgan fingerprint density at radius 2 is 2.05 bits per heavy atom. The minimum absolute atomic E-state index is 0.0751. The van der Waals surface area contributed by atoms with Crippen LogP contribution < -0.4 is 4.72 Å². The molecule has 0 unspecified atom stereocenters. The number of nitrogens with zero attached hydrogens (tertiary/aromatic N) is 5. The fraction of sp³-hybridized carbons (Fsp3) is 0.444. The SMILES string of the molecule is Cn1cnnc1CCNS(=O)(=O)c1ncn(C)c1Cl. The topological polar surface area (TPSA) is 94.7 Å². The van der Waals surface area contributed by atoms with Crippen LogP contribution in [0.4, 0.5) is 0 Å². The van der Waals surface area contributed by atoms with Gasteiger partial charge in [0.15, 0.2) is 0 Å². The van der Waals surface area contributed by atoms with Crippen molar-refractivity contribution < 1.29 is 8.42 Å². The molecule has 0 saturated heterocycles. The highest BCUT2D eigenvalue weighted by Gasteiger charge is 2.21. The van der Waals surface area contributed by atoms with Crippen LogP contribution in [0, 0.1) is 0 Å². The van der Waals surface area contributed by atoms with Crippen LogP contribution >= 0.6 is 11.6 Å². The monoisotopic (exact) mass is 304 g/mol. The summed E-state index contributed by atoms with van der Waals surface area (Å²) in [6, 6.07) is 0. The molecule has 0 spiro atoms. The van der Waals surface area contributed by atoms with Crippen LogP contribution in [0.1, 0.15) is 5.82 Å². The Morgan fingerprint density at radius 1 is 1.32 bits per heavy atom. The van der Waals surface area contributed by atoms with E-state index in [-0.39, 0.29) is 16.7 Å². The molecular weight excluding hydrogens is 292 g/mol. The predicted molar refractivity (Wildman–Crippen MR) is 68.1 cm³/mol. The Morgan fingerprint density at radius 3 is 2.58 bits per heavy atom. The van der Waals surface area contributed by atoms with Crippen molar-refractivity contribution in [1.82, 2.24) is 29.0 Å². The van der Waals surface area contributed by atoms with Crippen LogP contribution in [0.25, 0.3) is 0 Å². The molecule has 0 atom stereocenters. The molecule has 0 aromatic carbocycles. The minimum atomic E-state index is -3.71. The fourth-order valence-corrected chi connectivity index (χ4v) is 2.93. The quantitative estimate of drug-likeness (QED) is 0.820. The van der Waals surface area contributed by atoms with E-state index in [0.717, 1.165) is 0 Å². The van der Waals surface area contributed by atoms with Crippen molar-refractivity contribution >= 4 is 21.6 Å². The van der Waals surface area contributed by atoms with Crippen molar-refractivity contribution in [2.24, 2.45) is 14.1 Å². The Kier molecular flexibility index (Phi) is 3.88. The highest BCUT2D eigenvalue weighted by molar-refractivity contribution is 7.89. The van der Waals surface area contributed by atoms with Crippen molar-refractivity contribution in [2.45, 2.75) is 11.4 Å². The van der Waals surface area contributed by atoms with Gasteiger partial charge < -0.3 is 9.13 Å². The molecule has 2 heterocycles. The van der Waals surface area contributed by atoms with Gasteiger partial charge in [-0.05, 0) is 0 Å². The van der Waals surface area contributed by atoms with Crippen LogP contribution in [-0.4, -0.2) is 39.3 Å². The lowest BCUT2D eigenvalue weighted by Crippen LogP contribution is -2.27. The largest absolute Gasteiger partial charge is 0.324 e. The van der Waals surface area contributed by atoms with E-state index in [1.165, 1.54) is 10.9 Å². The molecule has 0 saturated carbocycles. The number of sulfonamides is 1. The second-order valence-corrected chi connectivity index (χ2v) is 6.00. The van der Waals surface area contributed by atoms with E-state index < -0.39 is 10.0 Å². The predicted octanol–water partition coefficient (Wildman–Crippen LogP) is -0.277. The van der Waals surface area contributed by atoms with Gasteiger partial charge in [0.05, 0.1) is 6.33 Å². The number of hydrogen-bond donors (Lipinski definition) is 1. The van der Waals surface area contributed by atoms with Gasteiger partial charge >= 0.3 is 0 Å². The number of rotatable bonds is 5. The van der Waals surface area contributed by atoms with Gasteiger partial charge in [-0.1, -0.05) is 11.6 Å². The second-order valence-electron chi connectivity index (χ2n) is 3.96. The summed E-state index contributed by atoms with van der Waals surface area (Å²) in [5.41, 5.74) is 0. The van der Waals surface area contributed by atoms with Crippen LogP contribution in [0.15, 0.2) is 17.7 Å². The molecule has 2 aromatic rings. The van der Waals surface area contributed by atoms with Crippen LogP contribution in [0.3, 0.4) is 0 Å². The summed E-state index contributed by atoms with van der Waals surface area (Å²) < 4.78 is 29.5. The Balaban J connectivity index is 2.03. The van der Waals surface area contributed by atoms with Crippen molar-refractivity contribution in [3.63, 3.8) is 0 Å². The van der Waals surface area contributed by atoms with E-state index in [4.69, 9.17) is 11.6 Å². The number of hydrogen-bond acceptors (Lipinski definition) is 5. The average Bonchev–Trinajstić information content (AvgIpc) is 2.88. The van der Waals surface area contributed by atoms with Gasteiger partial charge in [0, 0.05) is 27.1 Å². The fourth-order valence-electron chi connectivity index (χ4n) is 1.47. The van der Waals surface area contributed by atoms with Gasteiger partial charge in [0.1, 0.15) is 17.3 Å². The first-order valence-corrected chi connectivity index (χ1v) is 7.27. The summed E-state index contributed by atoms with van der Waals surface area (Å²) in [5.74, 6) is 0.690. The van der Waals surface area contributed by atoms with Crippen molar-refractivity contribution in [3.8, 4) is 0 Å². The van der Waals surface area contributed by atoms with E-state index in [1.54, 1.807) is 25.0 Å². The zero-order valence-electron chi connectivity index (χ0n) is 10.4. The van der Waals surface area contributed by atoms with Crippen LogP contribution in [0.5, 0.6) is 0 Å². The highest BCUT2D eigenvalue weighted by atomic mass is 35.5. The zero-order chi connectivity index (χ0) is 14.0. The van der Waals surface area contributed by atoms with E-state index >= 15 is 0 Å². The number of nitrogens with one attached hydrogen (secondary N) is 1. The Labute approximate surface area is 115 Å². The van der Waals surface area contributed by atoms with Crippen LogP contribution in [-0.2, 0) is 30.5 Å². The maximum absolute atomic E-state index is 12.0. The third-order valence-corrected chi connectivity index (χ3v) is 4.48. The summed E-state index contributed by atoms with van der Waals surface area (Å²) in [7, 11) is -0.297. The summed E-state index contributed by atoms with van der Waals surface area (Å²) in [6.07, 6.45) is 3.33. The molecule has 0 fully saturated rings. The molecule has 1 N–H and O–H groups in total. The standard InChI is InChI=1S/C9H13ClN6O2S/c1-15-6-12-14-7(15)3-4-13-19(17,18)9-8(10)16(2)5-11-9/h5-6,13H,3-4H2,1-2H3. The van der Waals surface area contributed by atoms with Gasteiger partial charge in [0.25, 0.3) is 10.0 Å². The summed E-state index contributed by atoms with van der Waals surface area (Å²) in [5, 5.41) is 7.48. The molecule has 0 aliphatic carbocycles. The van der Waals surface area contributed by atoms with E-state index in [1.807, 2.05) is 0 Å². The molecule has 104 valence electrons. The molecule has 0 bridgehead atoms. The Bertz CT molecular complexity index is 677. The smallest absolute Gasteiger partial charge is 0.261 e. The maximum Gasteiger partial charge on any atom is 0.261 e. The second kappa shape index (κ2) is 5.27. The van der Waals surface area contributed by atoms with Gasteiger partial charge in [-0.15, -0.1) is 10.2 Å². The summed E-state index contributed by atoms with van der Waals surface area (Å²) >= 11 is 5.85. The van der Waals surface area contributed by atoms with Gasteiger partial charge in [-0.2, -0.15) is 0 Å². The van der Waals surface area contributed by atoms with E-state index in [0.29, 0.717) is 12.2 Å². The van der Waals surface area contributed by atoms with Crippen molar-refractivity contribution in [3.05, 3.63) is 23.6 Å². The number of halogens is 1. The van der Waals surface area contributed by atoms with Gasteiger partial charge in [-0.25, -0.2) is 18.1 Å². The lowest BCUT2D eigenvalue weighted by Gasteiger charge is -2.04. The first-order valence-electron chi connectivity index (χ1n) is 5.41. The van der Waals surface area contributed by atoms with Crippen molar-refractivity contribution in [2.75, 3.05) is 6.54 Å². The number of aryl methyl sites for hydroxylation is 2. The maximum atomic E-state index is 12.0. The summed E-state index contributed by atoms with van der Waals surface area (Å²) in [6.45, 7) is 0.196. The molecule has 0 aliphatic rings. The van der Waals surface area contributed by atoms with E-state index in [2.05, 4.69) is 19.9 Å². The Hall–Kier alpha value is -1.45. The molecular formula is C9H13ClN6O2S. The highest BCUT2D eigenvalue weighted by Crippen LogP contribution is 2.17. The molecule has 0 radical (unpaired) electrons. The molecule has 2 rings (SSSR count). The summed E-state index contributed by atoms with van der Waals surface area (Å²) in [4.78, 5) is 3.77. The lowest BCUT2D eigenvalue weighted by atomic mass is 10.4. The first-order chi connectivity index (χ1) is 8.92. The van der Waals surface area contributed by atoms with Crippen LogP contribution in [0.2, 0.25) is 5.15 Å². The zero-order valence-corrected chi connectivity index (χ0v) is 12.0. The third-order valence-electron chi connectivity index (χ3n) is 2.53. The molecule has 0 amide bonds. The van der Waals surface area contributed by atoms with Gasteiger partial charge in [-0.3, -0.25) is 0 Å².